The monoisotopic (exact) mass is 319 g/mol. The van der Waals surface area contributed by atoms with Gasteiger partial charge in [-0.05, 0) is 25.7 Å². The molecule has 2 heterocycles. The van der Waals surface area contributed by atoms with Gasteiger partial charge < -0.3 is 15.1 Å². The van der Waals surface area contributed by atoms with Crippen molar-refractivity contribution >= 4 is 17.7 Å². The largest absolute Gasteiger partial charge is 0.363 e. The molecule has 0 radical (unpaired) electrons. The molecule has 1 N–H and O–H groups in total. The molecule has 0 spiro atoms. The van der Waals surface area contributed by atoms with Crippen LogP contribution in [0.15, 0.2) is 6.07 Å². The van der Waals surface area contributed by atoms with Gasteiger partial charge in [-0.3, -0.25) is 4.79 Å². The highest BCUT2D eigenvalue weighted by molar-refractivity contribution is 5.78. The standard InChI is InChI=1S/C17H29N5O/c1-12(2)11-18-16(23)14-6-8-22(9-7-14)17-19-13(3)10-15(20-17)21(4)5/h10,12,14H,6-9,11H2,1-5H3,(H,18,23). The van der Waals surface area contributed by atoms with Gasteiger partial charge in [0.2, 0.25) is 11.9 Å². The van der Waals surface area contributed by atoms with Crippen molar-refractivity contribution in [3.63, 3.8) is 0 Å². The topological polar surface area (TPSA) is 61.4 Å². The summed E-state index contributed by atoms with van der Waals surface area (Å²) in [6.45, 7) is 8.63. The number of carbonyl (C=O) groups excluding carboxylic acids is 1. The zero-order valence-electron chi connectivity index (χ0n) is 15.0. The highest BCUT2D eigenvalue weighted by Gasteiger charge is 2.26. The smallest absolute Gasteiger partial charge is 0.227 e. The van der Waals surface area contributed by atoms with E-state index in [-0.39, 0.29) is 11.8 Å². The van der Waals surface area contributed by atoms with Crippen molar-refractivity contribution in [2.75, 3.05) is 43.5 Å². The number of amides is 1. The molecule has 6 heteroatoms. The number of carbonyl (C=O) groups is 1. The lowest BCUT2D eigenvalue weighted by molar-refractivity contribution is -0.125. The maximum atomic E-state index is 12.2. The van der Waals surface area contributed by atoms with Crippen molar-refractivity contribution in [1.29, 1.82) is 0 Å². The fourth-order valence-electron chi connectivity index (χ4n) is 2.70. The quantitative estimate of drug-likeness (QED) is 0.897. The van der Waals surface area contributed by atoms with E-state index in [9.17, 15) is 4.79 Å². The Labute approximate surface area is 139 Å². The summed E-state index contributed by atoms with van der Waals surface area (Å²) in [7, 11) is 3.97. The third-order valence-electron chi connectivity index (χ3n) is 4.12. The van der Waals surface area contributed by atoms with E-state index in [1.165, 1.54) is 0 Å². The van der Waals surface area contributed by atoms with Gasteiger partial charge >= 0.3 is 0 Å². The van der Waals surface area contributed by atoms with E-state index < -0.39 is 0 Å². The molecule has 1 aromatic rings. The van der Waals surface area contributed by atoms with Crippen molar-refractivity contribution in [3.8, 4) is 0 Å². The molecule has 1 aromatic heterocycles. The minimum absolute atomic E-state index is 0.114. The second kappa shape index (κ2) is 7.62. The summed E-state index contributed by atoms with van der Waals surface area (Å²) in [5.74, 6) is 2.49. The van der Waals surface area contributed by atoms with E-state index in [1.54, 1.807) is 0 Å². The van der Waals surface area contributed by atoms with Gasteiger partial charge in [0.25, 0.3) is 0 Å². The first-order valence-electron chi connectivity index (χ1n) is 8.42. The molecule has 128 valence electrons. The third kappa shape index (κ3) is 4.81. The molecule has 6 nitrogen and oxygen atoms in total. The Bertz CT molecular complexity index is 536. The molecule has 0 aliphatic carbocycles. The fourth-order valence-corrected chi connectivity index (χ4v) is 2.70. The van der Waals surface area contributed by atoms with Crippen molar-refractivity contribution in [2.24, 2.45) is 11.8 Å². The molecule has 0 aromatic carbocycles. The molecule has 0 atom stereocenters. The van der Waals surface area contributed by atoms with Crippen molar-refractivity contribution < 1.29 is 4.79 Å². The number of piperidine rings is 1. The van der Waals surface area contributed by atoms with E-state index in [4.69, 9.17) is 0 Å². The van der Waals surface area contributed by atoms with Crippen LogP contribution in [-0.2, 0) is 4.79 Å². The summed E-state index contributed by atoms with van der Waals surface area (Å²) in [6.07, 6.45) is 1.72. The maximum Gasteiger partial charge on any atom is 0.227 e. The van der Waals surface area contributed by atoms with Crippen LogP contribution in [0.25, 0.3) is 0 Å². The van der Waals surface area contributed by atoms with Gasteiger partial charge in [-0.25, -0.2) is 4.98 Å². The van der Waals surface area contributed by atoms with E-state index in [0.29, 0.717) is 5.92 Å². The maximum absolute atomic E-state index is 12.2. The van der Waals surface area contributed by atoms with Gasteiger partial charge in [0, 0.05) is 51.4 Å². The first-order chi connectivity index (χ1) is 10.9. The number of aromatic nitrogens is 2. The van der Waals surface area contributed by atoms with Gasteiger partial charge in [-0.2, -0.15) is 4.98 Å². The zero-order chi connectivity index (χ0) is 17.0. The number of nitrogens with zero attached hydrogens (tertiary/aromatic N) is 4. The Balaban J connectivity index is 1.95. The molecule has 2 rings (SSSR count). The molecular formula is C17H29N5O. The second-order valence-electron chi connectivity index (χ2n) is 6.96. The third-order valence-corrected chi connectivity index (χ3v) is 4.12. The molecule has 1 aliphatic rings. The molecule has 1 aliphatic heterocycles. The average Bonchev–Trinajstić information content (AvgIpc) is 2.52. The Morgan fingerprint density at radius 2 is 2.00 bits per heavy atom. The molecule has 1 amide bonds. The van der Waals surface area contributed by atoms with Crippen molar-refractivity contribution in [2.45, 2.75) is 33.6 Å². The van der Waals surface area contributed by atoms with Gasteiger partial charge in [0.05, 0.1) is 0 Å². The molecular weight excluding hydrogens is 290 g/mol. The van der Waals surface area contributed by atoms with Gasteiger partial charge in [-0.1, -0.05) is 13.8 Å². The normalized spacial score (nSPS) is 15.8. The number of hydrogen-bond acceptors (Lipinski definition) is 5. The molecule has 1 fully saturated rings. The summed E-state index contributed by atoms with van der Waals surface area (Å²) in [5.41, 5.74) is 0.968. The lowest BCUT2D eigenvalue weighted by atomic mass is 9.96. The second-order valence-corrected chi connectivity index (χ2v) is 6.96. The fraction of sp³-hybridized carbons (Fsp3) is 0.706. The first-order valence-corrected chi connectivity index (χ1v) is 8.42. The summed E-state index contributed by atoms with van der Waals surface area (Å²) < 4.78 is 0. The number of nitrogens with one attached hydrogen (secondary N) is 1. The number of aryl methyl sites for hydroxylation is 1. The highest BCUT2D eigenvalue weighted by atomic mass is 16.1. The summed E-state index contributed by atoms with van der Waals surface area (Å²) in [6, 6.07) is 1.98. The van der Waals surface area contributed by atoms with Crippen LogP contribution >= 0.6 is 0 Å². The van der Waals surface area contributed by atoms with Gasteiger partial charge in [0.15, 0.2) is 0 Å². The van der Waals surface area contributed by atoms with Gasteiger partial charge in [0.1, 0.15) is 5.82 Å². The minimum atomic E-state index is 0.114. The summed E-state index contributed by atoms with van der Waals surface area (Å²) in [4.78, 5) is 25.5. The molecule has 0 saturated carbocycles. The van der Waals surface area contributed by atoms with Crippen molar-refractivity contribution in [3.05, 3.63) is 11.8 Å². The lowest BCUT2D eigenvalue weighted by Crippen LogP contribution is -2.42. The predicted octanol–water partition coefficient (Wildman–Crippen LogP) is 1.84. The van der Waals surface area contributed by atoms with Gasteiger partial charge in [-0.15, -0.1) is 0 Å². The minimum Gasteiger partial charge on any atom is -0.363 e. The Kier molecular flexibility index (Phi) is 5.80. The van der Waals surface area contributed by atoms with Crippen LogP contribution in [0.5, 0.6) is 0 Å². The number of hydrogen-bond donors (Lipinski definition) is 1. The van der Waals surface area contributed by atoms with Crippen LogP contribution in [0, 0.1) is 18.8 Å². The van der Waals surface area contributed by atoms with E-state index in [0.717, 1.165) is 49.9 Å². The molecule has 23 heavy (non-hydrogen) atoms. The number of anilines is 2. The Morgan fingerprint density at radius 1 is 1.35 bits per heavy atom. The molecule has 0 unspecified atom stereocenters. The SMILES string of the molecule is Cc1cc(N(C)C)nc(N2CCC(C(=O)NCC(C)C)CC2)n1. The molecule has 1 saturated heterocycles. The van der Waals surface area contributed by atoms with Crippen LogP contribution < -0.4 is 15.1 Å². The van der Waals surface area contributed by atoms with E-state index >= 15 is 0 Å². The van der Waals surface area contributed by atoms with Crippen molar-refractivity contribution in [1.82, 2.24) is 15.3 Å². The van der Waals surface area contributed by atoms with Crippen LogP contribution in [0.1, 0.15) is 32.4 Å². The van der Waals surface area contributed by atoms with E-state index in [1.807, 2.05) is 32.0 Å². The average molecular weight is 319 g/mol. The van der Waals surface area contributed by atoms with Crippen LogP contribution in [0.3, 0.4) is 0 Å². The van der Waals surface area contributed by atoms with Crippen LogP contribution in [0.4, 0.5) is 11.8 Å². The predicted molar refractivity (Wildman–Crippen MR) is 93.9 cm³/mol. The molecule has 0 bridgehead atoms. The number of rotatable bonds is 5. The lowest BCUT2D eigenvalue weighted by Gasteiger charge is -2.32. The first kappa shape index (κ1) is 17.5. The highest BCUT2D eigenvalue weighted by Crippen LogP contribution is 2.23. The summed E-state index contributed by atoms with van der Waals surface area (Å²) in [5, 5.41) is 3.04. The van der Waals surface area contributed by atoms with E-state index in [2.05, 4.69) is 34.0 Å². The summed E-state index contributed by atoms with van der Waals surface area (Å²) >= 11 is 0. The van der Waals surface area contributed by atoms with Crippen LogP contribution in [0.2, 0.25) is 0 Å². The Morgan fingerprint density at radius 3 is 2.57 bits per heavy atom. The zero-order valence-corrected chi connectivity index (χ0v) is 15.0. The Hall–Kier alpha value is -1.85. The van der Waals surface area contributed by atoms with Crippen LogP contribution in [-0.4, -0.2) is 49.6 Å².